The second-order valence-electron chi connectivity index (χ2n) is 8.17. The molecule has 0 spiro atoms. The highest BCUT2D eigenvalue weighted by atomic mass is 16.7. The second-order valence-corrected chi connectivity index (χ2v) is 8.17. The van der Waals surface area contributed by atoms with Crippen molar-refractivity contribution in [1.82, 2.24) is 9.80 Å². The maximum absolute atomic E-state index is 12.9. The fraction of sp³-hybridized carbons (Fsp3) is 0.375. The Kier molecular flexibility index (Phi) is 4.87. The van der Waals surface area contributed by atoms with Crippen LogP contribution in [0.2, 0.25) is 0 Å². The number of furan rings is 1. The first-order valence-corrected chi connectivity index (χ1v) is 10.4. The molecule has 1 saturated heterocycles. The summed E-state index contributed by atoms with van der Waals surface area (Å²) in [5.41, 5.74) is 5.42. The largest absolute Gasteiger partial charge is 0.464 e. The highest BCUT2D eigenvalue weighted by molar-refractivity contribution is 5.89. The molecule has 6 heteroatoms. The monoisotopic (exact) mass is 406 g/mol. The minimum Gasteiger partial charge on any atom is -0.464 e. The molecule has 0 radical (unpaired) electrons. The van der Waals surface area contributed by atoms with E-state index in [2.05, 4.69) is 36.9 Å². The van der Waals surface area contributed by atoms with Crippen molar-refractivity contribution in [3.63, 3.8) is 0 Å². The summed E-state index contributed by atoms with van der Waals surface area (Å²) in [7, 11) is 0. The Morgan fingerprint density at radius 1 is 1.00 bits per heavy atom. The summed E-state index contributed by atoms with van der Waals surface area (Å²) >= 11 is 0. The van der Waals surface area contributed by atoms with E-state index in [4.69, 9.17) is 13.9 Å². The van der Waals surface area contributed by atoms with Crippen LogP contribution in [0.3, 0.4) is 0 Å². The number of benzene rings is 2. The van der Waals surface area contributed by atoms with Crippen molar-refractivity contribution in [3.05, 3.63) is 58.8 Å². The van der Waals surface area contributed by atoms with Crippen molar-refractivity contribution in [3.8, 4) is 11.5 Å². The topological polar surface area (TPSA) is 55.2 Å². The third-order valence-corrected chi connectivity index (χ3v) is 6.25. The van der Waals surface area contributed by atoms with Crippen LogP contribution >= 0.6 is 0 Å². The summed E-state index contributed by atoms with van der Waals surface area (Å²) in [5, 5.41) is 1.05. The predicted molar refractivity (Wildman–Crippen MR) is 114 cm³/mol. The molecule has 2 aromatic carbocycles. The molecule has 0 N–H and O–H groups in total. The van der Waals surface area contributed by atoms with Crippen molar-refractivity contribution in [2.45, 2.75) is 26.8 Å². The number of carbonyl (C=O) groups is 1. The number of hydrogen-bond acceptors (Lipinski definition) is 5. The maximum Gasteiger partial charge on any atom is 0.231 e. The Bertz CT molecular complexity index is 1100. The fourth-order valence-electron chi connectivity index (χ4n) is 4.25. The molecule has 0 saturated carbocycles. The molecule has 0 aliphatic carbocycles. The first-order valence-electron chi connectivity index (χ1n) is 10.4. The molecular weight excluding hydrogens is 380 g/mol. The number of ether oxygens (including phenoxy) is 2. The minimum absolute atomic E-state index is 0.165. The van der Waals surface area contributed by atoms with Crippen LogP contribution in [0, 0.1) is 13.8 Å². The van der Waals surface area contributed by atoms with Crippen LogP contribution < -0.4 is 9.47 Å². The van der Waals surface area contributed by atoms with E-state index in [1.807, 2.05) is 17.0 Å². The molecule has 0 unspecified atom stereocenters. The molecule has 2 aliphatic rings. The lowest BCUT2D eigenvalue weighted by molar-refractivity contribution is -0.132. The van der Waals surface area contributed by atoms with Crippen LogP contribution in [-0.2, 0) is 17.8 Å². The summed E-state index contributed by atoms with van der Waals surface area (Å²) in [5.74, 6) is 1.80. The Balaban J connectivity index is 1.19. The summed E-state index contributed by atoms with van der Waals surface area (Å²) in [6.07, 6.45) is 2.13. The number of carbonyl (C=O) groups excluding carboxylic acids is 1. The highest BCUT2D eigenvalue weighted by Crippen LogP contribution is 2.33. The van der Waals surface area contributed by atoms with Gasteiger partial charge in [0.1, 0.15) is 5.58 Å². The van der Waals surface area contributed by atoms with Gasteiger partial charge in [-0.25, -0.2) is 0 Å². The lowest BCUT2D eigenvalue weighted by atomic mass is 10.0. The van der Waals surface area contributed by atoms with Gasteiger partial charge in [-0.1, -0.05) is 18.2 Å². The highest BCUT2D eigenvalue weighted by Gasteiger charge is 2.23. The van der Waals surface area contributed by atoms with E-state index in [0.717, 1.165) is 66.3 Å². The quantitative estimate of drug-likeness (QED) is 0.662. The zero-order chi connectivity index (χ0) is 20.7. The summed E-state index contributed by atoms with van der Waals surface area (Å²) in [6, 6.07) is 10.3. The van der Waals surface area contributed by atoms with Gasteiger partial charge in [-0.3, -0.25) is 9.69 Å². The number of amides is 1. The van der Waals surface area contributed by atoms with Crippen molar-refractivity contribution in [2.75, 3.05) is 33.0 Å². The lowest BCUT2D eigenvalue weighted by Gasteiger charge is -2.34. The Hall–Kier alpha value is -2.99. The van der Waals surface area contributed by atoms with Gasteiger partial charge in [-0.2, -0.15) is 0 Å². The maximum atomic E-state index is 12.9. The molecular formula is C24H26N2O4. The summed E-state index contributed by atoms with van der Waals surface area (Å²) in [6.45, 7) is 8.51. The number of piperazine rings is 1. The van der Waals surface area contributed by atoms with Crippen LogP contribution in [0.15, 0.2) is 41.0 Å². The first-order chi connectivity index (χ1) is 14.6. The van der Waals surface area contributed by atoms with Gasteiger partial charge >= 0.3 is 0 Å². The van der Waals surface area contributed by atoms with Crippen molar-refractivity contribution >= 4 is 16.9 Å². The molecule has 30 heavy (non-hydrogen) atoms. The molecule has 3 heterocycles. The number of aryl methyl sites for hydroxylation is 2. The van der Waals surface area contributed by atoms with E-state index in [1.165, 1.54) is 11.1 Å². The average molecular weight is 406 g/mol. The Morgan fingerprint density at radius 2 is 1.80 bits per heavy atom. The molecule has 0 atom stereocenters. The molecule has 0 bridgehead atoms. The summed E-state index contributed by atoms with van der Waals surface area (Å²) in [4.78, 5) is 17.2. The second kappa shape index (κ2) is 7.69. The third-order valence-electron chi connectivity index (χ3n) is 6.25. The van der Waals surface area contributed by atoms with E-state index in [1.54, 1.807) is 6.26 Å². The van der Waals surface area contributed by atoms with Gasteiger partial charge < -0.3 is 18.8 Å². The molecule has 1 aromatic heterocycles. The van der Waals surface area contributed by atoms with Gasteiger partial charge in [-0.05, 0) is 42.7 Å². The van der Waals surface area contributed by atoms with Crippen molar-refractivity contribution < 1.29 is 18.7 Å². The molecule has 3 aromatic rings. The van der Waals surface area contributed by atoms with E-state index in [0.29, 0.717) is 13.2 Å². The molecule has 1 fully saturated rings. The Labute approximate surface area is 176 Å². The van der Waals surface area contributed by atoms with Gasteiger partial charge in [0.2, 0.25) is 12.7 Å². The number of hydrogen-bond donors (Lipinski definition) is 0. The lowest BCUT2D eigenvalue weighted by Crippen LogP contribution is -2.48. The number of rotatable bonds is 4. The molecule has 156 valence electrons. The third kappa shape index (κ3) is 3.52. The molecule has 2 aliphatic heterocycles. The molecule has 6 nitrogen and oxygen atoms in total. The average Bonchev–Trinajstić information content (AvgIpc) is 3.38. The van der Waals surface area contributed by atoms with Crippen LogP contribution in [0.1, 0.15) is 22.3 Å². The number of nitrogens with zero attached hydrogens (tertiary/aromatic N) is 2. The molecule has 1 amide bonds. The standard InChI is InChI=1S/C24H26N2O4/c1-16-3-5-20-19(14-28-24(20)17(16)2)12-23(27)26-9-7-25(8-10-26)13-18-4-6-21-22(11-18)30-15-29-21/h3-6,11,14H,7-10,12-13,15H2,1-2H3. The smallest absolute Gasteiger partial charge is 0.231 e. The van der Waals surface area contributed by atoms with Gasteiger partial charge in [0, 0.05) is 43.7 Å². The SMILES string of the molecule is Cc1ccc2c(CC(=O)N3CCN(Cc4ccc5c(c4)OCO5)CC3)coc2c1C. The Morgan fingerprint density at radius 3 is 2.63 bits per heavy atom. The van der Waals surface area contributed by atoms with Crippen molar-refractivity contribution in [1.29, 1.82) is 0 Å². The van der Waals surface area contributed by atoms with E-state index in [9.17, 15) is 4.79 Å². The van der Waals surface area contributed by atoms with Crippen LogP contribution in [0.4, 0.5) is 0 Å². The zero-order valence-corrected chi connectivity index (χ0v) is 17.4. The zero-order valence-electron chi connectivity index (χ0n) is 17.4. The van der Waals surface area contributed by atoms with Gasteiger partial charge in [0.05, 0.1) is 12.7 Å². The van der Waals surface area contributed by atoms with E-state index < -0.39 is 0 Å². The fourth-order valence-corrected chi connectivity index (χ4v) is 4.25. The van der Waals surface area contributed by atoms with Crippen molar-refractivity contribution in [2.24, 2.45) is 0 Å². The van der Waals surface area contributed by atoms with E-state index in [-0.39, 0.29) is 5.91 Å². The minimum atomic E-state index is 0.165. The van der Waals surface area contributed by atoms with E-state index >= 15 is 0 Å². The van der Waals surface area contributed by atoms with Gasteiger partial charge in [0.15, 0.2) is 11.5 Å². The van der Waals surface area contributed by atoms with Crippen LogP contribution in [0.5, 0.6) is 11.5 Å². The normalized spacial score (nSPS) is 16.4. The van der Waals surface area contributed by atoms with Crippen LogP contribution in [-0.4, -0.2) is 48.7 Å². The van der Waals surface area contributed by atoms with Crippen LogP contribution in [0.25, 0.3) is 11.0 Å². The molecule has 5 rings (SSSR count). The first kappa shape index (κ1) is 19.0. The predicted octanol–water partition coefficient (Wildman–Crippen LogP) is 3.67. The van der Waals surface area contributed by atoms with Gasteiger partial charge in [-0.15, -0.1) is 0 Å². The number of fused-ring (bicyclic) bond motifs is 2. The summed E-state index contributed by atoms with van der Waals surface area (Å²) < 4.78 is 16.6. The van der Waals surface area contributed by atoms with Gasteiger partial charge in [0.25, 0.3) is 0 Å².